The molecule has 0 aromatic heterocycles. The molecule has 0 amide bonds. The quantitative estimate of drug-likeness (QED) is 0.338. The zero-order chi connectivity index (χ0) is 11.8. The zero-order valence-corrected chi connectivity index (χ0v) is 9.12. The molecular formula is C9H13ClO5. The van der Waals surface area contributed by atoms with Crippen molar-refractivity contribution in [2.45, 2.75) is 13.0 Å². The van der Waals surface area contributed by atoms with E-state index in [1.165, 1.54) is 0 Å². The topological polar surface area (TPSA) is 76.1 Å². The summed E-state index contributed by atoms with van der Waals surface area (Å²) < 4.78 is 9.60. The average Bonchev–Trinajstić information content (AvgIpc) is 2.98. The lowest BCUT2D eigenvalue weighted by Crippen LogP contribution is -2.09. The predicted molar refractivity (Wildman–Crippen MR) is 53.9 cm³/mol. The van der Waals surface area contributed by atoms with Gasteiger partial charge in [0.05, 0.1) is 6.61 Å². The molecule has 0 radical (unpaired) electrons. The fraction of sp³-hybridized carbons (Fsp3) is 0.556. The van der Waals surface area contributed by atoms with Crippen LogP contribution in [0.25, 0.3) is 0 Å². The lowest BCUT2D eigenvalue weighted by atomic mass is 10.4. The molecular weight excluding hydrogens is 224 g/mol. The van der Waals surface area contributed by atoms with E-state index in [-0.39, 0.29) is 18.0 Å². The van der Waals surface area contributed by atoms with Gasteiger partial charge in [0.1, 0.15) is 18.6 Å². The Bertz CT molecular complexity index is 247. The van der Waals surface area contributed by atoms with Gasteiger partial charge in [-0.2, -0.15) is 0 Å². The first-order valence-corrected chi connectivity index (χ1v) is 4.72. The van der Waals surface area contributed by atoms with Crippen LogP contribution in [0.3, 0.4) is 0 Å². The first-order chi connectivity index (χ1) is 6.97. The molecule has 0 bridgehead atoms. The molecule has 0 saturated carbocycles. The van der Waals surface area contributed by atoms with Gasteiger partial charge < -0.3 is 14.6 Å². The van der Waals surface area contributed by atoms with Gasteiger partial charge in [-0.25, -0.2) is 4.79 Å². The minimum absolute atomic E-state index is 0.142. The van der Waals surface area contributed by atoms with Gasteiger partial charge in [-0.1, -0.05) is 6.58 Å². The van der Waals surface area contributed by atoms with Crippen molar-refractivity contribution in [1.29, 1.82) is 0 Å². The van der Waals surface area contributed by atoms with Crippen LogP contribution in [0.15, 0.2) is 12.2 Å². The Balaban J connectivity index is 0.000000336. The van der Waals surface area contributed by atoms with Crippen LogP contribution in [-0.2, 0) is 19.1 Å². The lowest BCUT2D eigenvalue weighted by molar-refractivity contribution is -0.139. The molecule has 0 aromatic carbocycles. The highest BCUT2D eigenvalue weighted by Gasteiger charge is 2.24. The van der Waals surface area contributed by atoms with Crippen LogP contribution < -0.4 is 0 Å². The Morgan fingerprint density at radius 3 is 2.40 bits per heavy atom. The third kappa shape index (κ3) is 9.24. The van der Waals surface area contributed by atoms with E-state index < -0.39 is 5.97 Å². The second-order valence-corrected chi connectivity index (χ2v) is 3.13. The van der Waals surface area contributed by atoms with Crippen LogP contribution in [0.1, 0.15) is 6.92 Å². The van der Waals surface area contributed by atoms with Gasteiger partial charge in [0.2, 0.25) is 0 Å². The van der Waals surface area contributed by atoms with Crippen molar-refractivity contribution < 1.29 is 24.2 Å². The minimum atomic E-state index is -0.980. The number of epoxide rings is 1. The van der Waals surface area contributed by atoms with Crippen LogP contribution in [0, 0.1) is 0 Å². The summed E-state index contributed by atoms with van der Waals surface area (Å²) in [5, 5.41) is 7.59. The molecule has 1 heterocycles. The van der Waals surface area contributed by atoms with E-state index in [1.54, 1.807) is 6.92 Å². The summed E-state index contributed by atoms with van der Waals surface area (Å²) in [6.07, 6.45) is 0.142. The smallest absolute Gasteiger partial charge is 0.333 e. The Labute approximate surface area is 92.6 Å². The Kier molecular flexibility index (Phi) is 6.73. The van der Waals surface area contributed by atoms with Crippen molar-refractivity contribution in [3.05, 3.63) is 12.2 Å². The molecule has 1 aliphatic rings. The molecule has 0 spiro atoms. The van der Waals surface area contributed by atoms with Gasteiger partial charge in [-0.15, -0.1) is 11.6 Å². The van der Waals surface area contributed by atoms with Crippen molar-refractivity contribution in [1.82, 2.24) is 0 Å². The Morgan fingerprint density at radius 2 is 2.13 bits per heavy atom. The van der Waals surface area contributed by atoms with Gasteiger partial charge in [0, 0.05) is 5.57 Å². The summed E-state index contributed by atoms with van der Waals surface area (Å²) in [4.78, 5) is 19.9. The zero-order valence-electron chi connectivity index (χ0n) is 8.36. The SMILES string of the molecule is C=C(C)C(=O)OCC1CO1.O=C(O)CCl. The summed E-state index contributed by atoms with van der Waals surface area (Å²) in [5.41, 5.74) is 0.431. The first kappa shape index (κ1) is 13.9. The number of halogens is 1. The maximum Gasteiger partial charge on any atom is 0.333 e. The second-order valence-electron chi connectivity index (χ2n) is 2.86. The van der Waals surface area contributed by atoms with Crippen molar-refractivity contribution >= 4 is 23.5 Å². The maximum atomic E-state index is 10.7. The number of aliphatic carboxylic acids is 1. The number of esters is 1. The molecule has 5 nitrogen and oxygen atoms in total. The molecule has 1 aliphatic heterocycles. The highest BCUT2D eigenvalue weighted by molar-refractivity contribution is 6.26. The molecule has 15 heavy (non-hydrogen) atoms. The number of carboxylic acid groups (broad SMARTS) is 1. The molecule has 1 rings (SSSR count). The molecule has 1 atom stereocenters. The summed E-state index contributed by atoms with van der Waals surface area (Å²) >= 11 is 4.74. The van der Waals surface area contributed by atoms with Crippen molar-refractivity contribution in [3.8, 4) is 0 Å². The largest absolute Gasteiger partial charge is 0.480 e. The molecule has 1 saturated heterocycles. The molecule has 0 aliphatic carbocycles. The fourth-order valence-corrected chi connectivity index (χ4v) is 0.456. The highest BCUT2D eigenvalue weighted by atomic mass is 35.5. The Hall–Kier alpha value is -1.07. The second kappa shape index (κ2) is 7.25. The van der Waals surface area contributed by atoms with Gasteiger partial charge in [-0.3, -0.25) is 4.79 Å². The third-order valence-corrected chi connectivity index (χ3v) is 1.49. The number of carbonyl (C=O) groups is 2. The number of hydrogen-bond donors (Lipinski definition) is 1. The van der Waals surface area contributed by atoms with E-state index in [4.69, 9.17) is 26.2 Å². The molecule has 1 N–H and O–H groups in total. The van der Waals surface area contributed by atoms with Gasteiger partial charge in [0.15, 0.2) is 0 Å². The molecule has 0 aromatic rings. The molecule has 6 heteroatoms. The van der Waals surface area contributed by atoms with E-state index >= 15 is 0 Å². The van der Waals surface area contributed by atoms with Gasteiger partial charge in [-0.05, 0) is 6.92 Å². The number of carbonyl (C=O) groups excluding carboxylic acids is 1. The number of alkyl halides is 1. The monoisotopic (exact) mass is 236 g/mol. The van der Waals surface area contributed by atoms with Crippen LogP contribution in [-0.4, -0.2) is 42.2 Å². The van der Waals surface area contributed by atoms with Crippen LogP contribution in [0.5, 0.6) is 0 Å². The number of carboxylic acids is 1. The van der Waals surface area contributed by atoms with Gasteiger partial charge in [0.25, 0.3) is 0 Å². The minimum Gasteiger partial charge on any atom is -0.480 e. The van der Waals surface area contributed by atoms with Crippen molar-refractivity contribution in [2.75, 3.05) is 19.1 Å². The fourth-order valence-electron chi connectivity index (χ4n) is 0.456. The van der Waals surface area contributed by atoms with Gasteiger partial charge >= 0.3 is 11.9 Å². The summed E-state index contributed by atoms with van der Waals surface area (Å²) in [5.74, 6) is -1.62. The van der Waals surface area contributed by atoms with E-state index in [1.807, 2.05) is 0 Å². The summed E-state index contributed by atoms with van der Waals surface area (Å²) in [6, 6.07) is 0. The van der Waals surface area contributed by atoms with E-state index in [0.29, 0.717) is 18.8 Å². The first-order valence-electron chi connectivity index (χ1n) is 4.19. The van der Waals surface area contributed by atoms with Crippen LogP contribution >= 0.6 is 11.6 Å². The van der Waals surface area contributed by atoms with Crippen LogP contribution in [0.2, 0.25) is 0 Å². The van der Waals surface area contributed by atoms with E-state index in [2.05, 4.69) is 6.58 Å². The van der Waals surface area contributed by atoms with Crippen molar-refractivity contribution in [3.63, 3.8) is 0 Å². The highest BCUT2D eigenvalue weighted by Crippen LogP contribution is 2.09. The van der Waals surface area contributed by atoms with Crippen LogP contribution in [0.4, 0.5) is 0 Å². The summed E-state index contributed by atoms with van der Waals surface area (Å²) in [7, 11) is 0. The molecule has 1 unspecified atom stereocenters. The normalized spacial score (nSPS) is 17.1. The predicted octanol–water partition coefficient (Wildman–Crippen LogP) is 0.814. The Morgan fingerprint density at radius 1 is 1.67 bits per heavy atom. The molecule has 86 valence electrons. The number of hydrogen-bond acceptors (Lipinski definition) is 4. The van der Waals surface area contributed by atoms with Crippen molar-refractivity contribution in [2.24, 2.45) is 0 Å². The third-order valence-electron chi connectivity index (χ3n) is 1.27. The maximum absolute atomic E-state index is 10.7. The van der Waals surface area contributed by atoms with E-state index in [9.17, 15) is 9.59 Å². The summed E-state index contributed by atoms with van der Waals surface area (Å²) in [6.45, 7) is 6.14. The van der Waals surface area contributed by atoms with E-state index in [0.717, 1.165) is 0 Å². The standard InChI is InChI=1S/C7H10O3.C2H3ClO2/c1-5(2)7(8)10-4-6-3-9-6;3-1-2(4)5/h6H,1,3-4H2,2H3;1H2,(H,4,5). The lowest BCUT2D eigenvalue weighted by Gasteiger charge is -1.99. The number of ether oxygens (including phenoxy) is 2. The average molecular weight is 237 g/mol. The molecule has 1 fully saturated rings. The number of rotatable bonds is 4.